The van der Waals surface area contributed by atoms with Gasteiger partial charge in [0.25, 0.3) is 5.65 Å². The second-order valence-electron chi connectivity index (χ2n) is 6.19. The number of pyridine rings is 1. The molecule has 0 aliphatic rings. The molecule has 0 radical (unpaired) electrons. The molecule has 0 bridgehead atoms. The van der Waals surface area contributed by atoms with Gasteiger partial charge in [-0.15, -0.1) is 0 Å². The van der Waals surface area contributed by atoms with Crippen molar-refractivity contribution in [3.63, 3.8) is 0 Å². The molecule has 5 nitrogen and oxygen atoms in total. The molecule has 0 fully saturated rings. The summed E-state index contributed by atoms with van der Waals surface area (Å²) >= 11 is 0. The van der Waals surface area contributed by atoms with E-state index < -0.39 is 0 Å². The number of benzene rings is 1. The maximum atomic E-state index is 13.6. The second-order valence-corrected chi connectivity index (χ2v) is 6.19. The molecule has 0 saturated carbocycles. The van der Waals surface area contributed by atoms with Crippen LogP contribution in [0.4, 0.5) is 4.39 Å². The number of hydrogen-bond acceptors (Lipinski definition) is 2. The van der Waals surface area contributed by atoms with Gasteiger partial charge in [0.2, 0.25) is 0 Å². The smallest absolute Gasteiger partial charge is 0.350 e. The van der Waals surface area contributed by atoms with Crippen molar-refractivity contribution in [2.75, 3.05) is 0 Å². The minimum absolute atomic E-state index is 0.148. The van der Waals surface area contributed by atoms with E-state index in [1.54, 1.807) is 28.9 Å². The van der Waals surface area contributed by atoms with E-state index in [0.717, 1.165) is 22.1 Å². The zero-order chi connectivity index (χ0) is 18.3. The van der Waals surface area contributed by atoms with Crippen LogP contribution in [0.15, 0.2) is 59.8 Å². The first-order chi connectivity index (χ1) is 12.6. The highest BCUT2D eigenvalue weighted by Crippen LogP contribution is 2.28. The van der Waals surface area contributed by atoms with Crippen LogP contribution in [-0.2, 0) is 13.6 Å². The Kier molecular flexibility index (Phi) is 3.77. The van der Waals surface area contributed by atoms with Crippen LogP contribution in [0.1, 0.15) is 6.42 Å². The molecule has 0 aliphatic heterocycles. The number of hydrogen-bond donors (Lipinski definition) is 0. The second kappa shape index (κ2) is 6.12. The molecular weight excluding hydrogens is 331 g/mol. The predicted molar refractivity (Wildman–Crippen MR) is 96.0 cm³/mol. The van der Waals surface area contributed by atoms with Crippen molar-refractivity contribution in [2.45, 2.75) is 13.0 Å². The summed E-state index contributed by atoms with van der Waals surface area (Å²) in [4.78, 5) is 13.1. The van der Waals surface area contributed by atoms with Crippen LogP contribution in [0.25, 0.3) is 27.7 Å². The Bertz CT molecular complexity index is 1250. The van der Waals surface area contributed by atoms with Crippen LogP contribution in [0.5, 0.6) is 0 Å². The van der Waals surface area contributed by atoms with Crippen molar-refractivity contribution in [2.24, 2.45) is 7.05 Å². The third-order valence-electron chi connectivity index (χ3n) is 4.57. The number of halogens is 1. The van der Waals surface area contributed by atoms with E-state index in [1.165, 1.54) is 12.1 Å². The zero-order valence-electron chi connectivity index (χ0n) is 14.2. The first-order valence-corrected chi connectivity index (χ1v) is 8.26. The van der Waals surface area contributed by atoms with Crippen LogP contribution in [-0.4, -0.2) is 8.97 Å². The molecule has 0 spiro atoms. The van der Waals surface area contributed by atoms with Gasteiger partial charge >= 0.3 is 5.56 Å². The summed E-state index contributed by atoms with van der Waals surface area (Å²) in [5.41, 5.74) is 2.56. The van der Waals surface area contributed by atoms with E-state index >= 15 is 0 Å². The summed E-state index contributed by atoms with van der Waals surface area (Å²) in [6, 6.07) is 12.2. The fraction of sp³-hybridized carbons (Fsp3) is 0.150. The number of fused-ring (bicyclic) bond motifs is 2. The van der Waals surface area contributed by atoms with Gasteiger partial charge in [-0.05, 0) is 24.3 Å². The highest BCUT2D eigenvalue weighted by Gasteiger charge is 2.20. The molecule has 0 atom stereocenters. The van der Waals surface area contributed by atoms with Gasteiger partial charge in [0.1, 0.15) is 24.1 Å². The predicted octanol–water partition coefficient (Wildman–Crippen LogP) is 2.80. The normalized spacial score (nSPS) is 11.1. The maximum Gasteiger partial charge on any atom is 0.350 e. The molecule has 3 heterocycles. The Morgan fingerprint density at radius 2 is 2.08 bits per heavy atom. The number of rotatable bonds is 3. The SMILES string of the molecule is Cn1cc(-c2c[n+](CCC#N)c3ccccn3c2=O)c2ccc(F)cc21. The molecule has 0 saturated heterocycles. The van der Waals surface area contributed by atoms with Crippen LogP contribution < -0.4 is 10.1 Å². The lowest BCUT2D eigenvalue weighted by Gasteiger charge is -2.05. The first kappa shape index (κ1) is 16.0. The van der Waals surface area contributed by atoms with Gasteiger partial charge in [-0.1, -0.05) is 6.07 Å². The largest absolute Gasteiger partial charge is 0.350 e. The first-order valence-electron chi connectivity index (χ1n) is 8.26. The van der Waals surface area contributed by atoms with Crippen LogP contribution in [0, 0.1) is 17.1 Å². The lowest BCUT2D eigenvalue weighted by molar-refractivity contribution is -0.673. The minimum Gasteiger partial charge on any atom is -0.350 e. The number of nitrogens with zero attached hydrogens (tertiary/aromatic N) is 4. The van der Waals surface area contributed by atoms with Gasteiger partial charge in [0, 0.05) is 30.3 Å². The molecule has 1 aromatic carbocycles. The van der Waals surface area contributed by atoms with Crippen molar-refractivity contribution in [3.8, 4) is 17.2 Å². The topological polar surface area (TPSA) is 54.1 Å². The molecule has 4 aromatic rings. The lowest BCUT2D eigenvalue weighted by Crippen LogP contribution is -2.40. The Morgan fingerprint density at radius 1 is 1.23 bits per heavy atom. The lowest BCUT2D eigenvalue weighted by atomic mass is 10.1. The number of aryl methyl sites for hydroxylation is 2. The van der Waals surface area contributed by atoms with Gasteiger partial charge in [-0.25, -0.2) is 13.8 Å². The van der Waals surface area contributed by atoms with Crippen LogP contribution in [0.3, 0.4) is 0 Å². The van der Waals surface area contributed by atoms with Crippen molar-refractivity contribution in [1.29, 1.82) is 5.26 Å². The summed E-state index contributed by atoms with van der Waals surface area (Å²) in [6.45, 7) is 0.483. The van der Waals surface area contributed by atoms with E-state index in [1.807, 2.05) is 34.5 Å². The Morgan fingerprint density at radius 3 is 2.88 bits per heavy atom. The van der Waals surface area contributed by atoms with E-state index in [9.17, 15) is 9.18 Å². The van der Waals surface area contributed by atoms with Crippen LogP contribution >= 0.6 is 0 Å². The average Bonchev–Trinajstić information content (AvgIpc) is 2.97. The summed E-state index contributed by atoms with van der Waals surface area (Å²) in [6.07, 6.45) is 5.68. The summed E-state index contributed by atoms with van der Waals surface area (Å²) < 4.78 is 18.9. The standard InChI is InChI=1S/C20H16FN4O/c1-23-12-16(15-7-6-14(21)11-18(15)23)17-13-24(9-4-8-22)19-5-2-3-10-25(19)20(17)26/h2-3,5-7,10-13H,4,9H2,1H3/q+1. The highest BCUT2D eigenvalue weighted by atomic mass is 19.1. The summed E-state index contributed by atoms with van der Waals surface area (Å²) in [5, 5.41) is 9.75. The molecule has 3 aromatic heterocycles. The average molecular weight is 347 g/mol. The van der Waals surface area contributed by atoms with Gasteiger partial charge in [-0.3, -0.25) is 0 Å². The summed E-state index contributed by atoms with van der Waals surface area (Å²) in [5.74, 6) is -0.315. The zero-order valence-corrected chi connectivity index (χ0v) is 14.2. The molecule has 0 N–H and O–H groups in total. The maximum absolute atomic E-state index is 13.6. The molecule has 0 amide bonds. The van der Waals surface area contributed by atoms with Gasteiger partial charge in [-0.2, -0.15) is 9.66 Å². The Labute approximate surface area is 148 Å². The van der Waals surface area contributed by atoms with Crippen molar-refractivity contribution < 1.29 is 8.96 Å². The number of nitriles is 1. The van der Waals surface area contributed by atoms with E-state index in [4.69, 9.17) is 5.26 Å². The van der Waals surface area contributed by atoms with Gasteiger partial charge in [0.15, 0.2) is 0 Å². The molecule has 6 heteroatoms. The fourth-order valence-electron chi connectivity index (χ4n) is 3.35. The third kappa shape index (κ3) is 2.45. The minimum atomic E-state index is -0.315. The highest BCUT2D eigenvalue weighted by molar-refractivity contribution is 5.95. The van der Waals surface area contributed by atoms with E-state index in [0.29, 0.717) is 18.5 Å². The van der Waals surface area contributed by atoms with E-state index in [-0.39, 0.29) is 11.4 Å². The molecule has 0 unspecified atom stereocenters. The number of aromatic nitrogens is 3. The molecular formula is C20H16FN4O+. The van der Waals surface area contributed by atoms with Gasteiger partial charge in [0.05, 0.1) is 24.2 Å². The Balaban J connectivity index is 2.05. The van der Waals surface area contributed by atoms with Crippen molar-refractivity contribution in [1.82, 2.24) is 8.97 Å². The quantitative estimate of drug-likeness (QED) is 0.535. The van der Waals surface area contributed by atoms with Crippen molar-refractivity contribution in [3.05, 3.63) is 71.2 Å². The monoisotopic (exact) mass is 347 g/mol. The van der Waals surface area contributed by atoms with E-state index in [2.05, 4.69) is 6.07 Å². The molecule has 0 aliphatic carbocycles. The van der Waals surface area contributed by atoms with Crippen molar-refractivity contribution >= 4 is 16.6 Å². The molecule has 128 valence electrons. The summed E-state index contributed by atoms with van der Waals surface area (Å²) in [7, 11) is 1.83. The van der Waals surface area contributed by atoms with Gasteiger partial charge < -0.3 is 4.57 Å². The fourth-order valence-corrected chi connectivity index (χ4v) is 3.35. The third-order valence-corrected chi connectivity index (χ3v) is 4.57. The molecule has 26 heavy (non-hydrogen) atoms. The molecule has 4 rings (SSSR count). The van der Waals surface area contributed by atoms with Crippen LogP contribution in [0.2, 0.25) is 0 Å². The Hall–Kier alpha value is -3.46.